The summed E-state index contributed by atoms with van der Waals surface area (Å²) in [5.74, 6) is 0.246. The minimum absolute atomic E-state index is 0.0245. The molecular formula is C35H40N3O4P. The molecule has 1 atom stereocenters. The summed E-state index contributed by atoms with van der Waals surface area (Å²) in [5, 5.41) is 23.2. The lowest BCUT2D eigenvalue weighted by atomic mass is 9.78. The standard InChI is InChI=1S/C35H40N3O4P/c1-34(2,3)30-23-26(24-31(32(30)39)35(4,5)6)33(25-17-19-29(20-18-25)38(40)41)43(42)36(27-13-9-7-10-14-27)21-22-37(43)28-15-11-8-12-16-28/h7-20,23-24,33,39H,21-22H2,1-6H3. The fourth-order valence-electron chi connectivity index (χ4n) is 5.99. The van der Waals surface area contributed by atoms with Crippen molar-refractivity contribution in [3.05, 3.63) is 129 Å². The van der Waals surface area contributed by atoms with Gasteiger partial charge in [0.25, 0.3) is 13.1 Å². The van der Waals surface area contributed by atoms with Gasteiger partial charge in [0.2, 0.25) is 0 Å². The van der Waals surface area contributed by atoms with Crippen molar-refractivity contribution in [2.75, 3.05) is 22.4 Å². The number of para-hydroxylation sites is 2. The van der Waals surface area contributed by atoms with Gasteiger partial charge in [-0.05, 0) is 57.3 Å². The number of aromatic hydroxyl groups is 1. The van der Waals surface area contributed by atoms with Crippen LogP contribution in [0.3, 0.4) is 0 Å². The van der Waals surface area contributed by atoms with Gasteiger partial charge in [0.1, 0.15) is 5.75 Å². The maximum absolute atomic E-state index is 16.3. The van der Waals surface area contributed by atoms with E-state index in [9.17, 15) is 15.2 Å². The molecule has 0 bridgehead atoms. The summed E-state index contributed by atoms with van der Waals surface area (Å²) >= 11 is 0. The second-order valence-corrected chi connectivity index (χ2v) is 15.9. The van der Waals surface area contributed by atoms with Crippen LogP contribution in [0.1, 0.15) is 69.5 Å². The molecule has 7 nitrogen and oxygen atoms in total. The summed E-state index contributed by atoms with van der Waals surface area (Å²) in [4.78, 5) is 11.2. The number of phenolic OH excluding ortho intramolecular Hbond substituents is 1. The SMILES string of the molecule is CC(C)(C)c1cc(C(c2ccc([N+](=O)[O-])cc2)P2(=O)N(c3ccccc3)CCN2c2ccccc2)cc(C(C)(C)C)c1O. The molecule has 1 unspecified atom stereocenters. The Bertz CT molecular complexity index is 1570. The minimum atomic E-state index is -3.57. The molecule has 1 aliphatic rings. The van der Waals surface area contributed by atoms with Gasteiger partial charge in [-0.15, -0.1) is 0 Å². The molecule has 1 heterocycles. The van der Waals surface area contributed by atoms with Gasteiger partial charge >= 0.3 is 0 Å². The molecule has 0 aliphatic carbocycles. The highest BCUT2D eigenvalue weighted by molar-refractivity contribution is 7.68. The van der Waals surface area contributed by atoms with Crippen LogP contribution in [0.5, 0.6) is 5.75 Å². The monoisotopic (exact) mass is 597 g/mol. The van der Waals surface area contributed by atoms with Crippen molar-refractivity contribution in [1.82, 2.24) is 0 Å². The summed E-state index contributed by atoms with van der Waals surface area (Å²) in [7, 11) is -3.57. The predicted octanol–water partition coefficient (Wildman–Crippen LogP) is 9.20. The number of benzene rings is 4. The minimum Gasteiger partial charge on any atom is -0.507 e. The Morgan fingerprint density at radius 1 is 0.721 bits per heavy atom. The van der Waals surface area contributed by atoms with Crippen molar-refractivity contribution < 1.29 is 14.6 Å². The molecule has 5 rings (SSSR count). The van der Waals surface area contributed by atoms with Crippen molar-refractivity contribution in [3.63, 3.8) is 0 Å². The topological polar surface area (TPSA) is 86.9 Å². The van der Waals surface area contributed by atoms with E-state index in [4.69, 9.17) is 0 Å². The second kappa shape index (κ2) is 11.2. The molecule has 0 spiro atoms. The van der Waals surface area contributed by atoms with Crippen molar-refractivity contribution in [3.8, 4) is 5.75 Å². The third kappa shape index (κ3) is 5.66. The van der Waals surface area contributed by atoms with E-state index in [2.05, 4.69) is 41.5 Å². The zero-order valence-corrected chi connectivity index (χ0v) is 26.6. The molecule has 1 N–H and O–H groups in total. The predicted molar refractivity (Wildman–Crippen MR) is 176 cm³/mol. The smallest absolute Gasteiger partial charge is 0.274 e. The second-order valence-electron chi connectivity index (χ2n) is 13.2. The number of non-ortho nitro benzene ring substituents is 1. The van der Waals surface area contributed by atoms with Crippen LogP contribution in [0.15, 0.2) is 97.1 Å². The lowest BCUT2D eigenvalue weighted by Crippen LogP contribution is -2.26. The first-order chi connectivity index (χ1) is 20.2. The highest BCUT2D eigenvalue weighted by atomic mass is 31.2. The van der Waals surface area contributed by atoms with Crippen LogP contribution < -0.4 is 9.34 Å². The lowest BCUT2D eigenvalue weighted by Gasteiger charge is -2.39. The maximum atomic E-state index is 16.3. The number of rotatable bonds is 6. The van der Waals surface area contributed by atoms with Gasteiger partial charge in [-0.25, -0.2) is 0 Å². The van der Waals surface area contributed by atoms with Gasteiger partial charge in [0.05, 0.1) is 10.6 Å². The number of phenols is 1. The number of nitro groups is 1. The number of anilines is 2. The van der Waals surface area contributed by atoms with Crippen LogP contribution >= 0.6 is 7.44 Å². The number of nitrogens with zero attached hydrogens (tertiary/aromatic N) is 3. The van der Waals surface area contributed by atoms with E-state index in [1.165, 1.54) is 12.1 Å². The number of nitro benzene ring substituents is 1. The molecule has 43 heavy (non-hydrogen) atoms. The van der Waals surface area contributed by atoms with Crippen LogP contribution in [-0.2, 0) is 15.4 Å². The van der Waals surface area contributed by atoms with Crippen LogP contribution in [-0.4, -0.2) is 23.1 Å². The van der Waals surface area contributed by atoms with Crippen molar-refractivity contribution in [2.45, 2.75) is 58.0 Å². The molecule has 4 aromatic carbocycles. The Morgan fingerprint density at radius 2 is 1.14 bits per heavy atom. The summed E-state index contributed by atoms with van der Waals surface area (Å²) in [6.07, 6.45) is 0. The van der Waals surface area contributed by atoms with Gasteiger partial charge in [0.15, 0.2) is 0 Å². The molecule has 0 saturated carbocycles. The normalized spacial score (nSPS) is 15.9. The molecule has 1 saturated heterocycles. The quantitative estimate of drug-likeness (QED) is 0.135. The Labute approximate surface area is 254 Å². The van der Waals surface area contributed by atoms with Gasteiger partial charge in [-0.2, -0.15) is 0 Å². The molecule has 0 aromatic heterocycles. The molecule has 1 aliphatic heterocycles. The van der Waals surface area contributed by atoms with E-state index < -0.39 is 28.9 Å². The third-order valence-electron chi connectivity index (χ3n) is 8.14. The first-order valence-electron chi connectivity index (χ1n) is 14.6. The average molecular weight is 598 g/mol. The molecular weight excluding hydrogens is 557 g/mol. The Morgan fingerprint density at radius 3 is 1.51 bits per heavy atom. The fourth-order valence-corrected chi connectivity index (χ4v) is 9.59. The molecule has 224 valence electrons. The van der Waals surface area contributed by atoms with E-state index in [1.807, 2.05) is 82.1 Å². The van der Waals surface area contributed by atoms with Crippen LogP contribution in [0.4, 0.5) is 17.1 Å². The van der Waals surface area contributed by atoms with Gasteiger partial charge in [-0.1, -0.05) is 102 Å². The van der Waals surface area contributed by atoms with Crippen LogP contribution in [0.25, 0.3) is 0 Å². The fraction of sp³-hybridized carbons (Fsp3) is 0.314. The zero-order chi connectivity index (χ0) is 31.2. The van der Waals surface area contributed by atoms with Crippen molar-refractivity contribution >= 4 is 24.5 Å². The Balaban J connectivity index is 1.86. The largest absolute Gasteiger partial charge is 0.507 e. The van der Waals surface area contributed by atoms with Crippen molar-refractivity contribution in [2.24, 2.45) is 0 Å². The summed E-state index contributed by atoms with van der Waals surface area (Å²) in [6, 6.07) is 30.0. The Kier molecular flexibility index (Phi) is 7.91. The third-order valence-corrected chi connectivity index (χ3v) is 11.7. The van der Waals surface area contributed by atoms with E-state index in [0.29, 0.717) is 18.7 Å². The van der Waals surface area contributed by atoms with Crippen molar-refractivity contribution in [1.29, 1.82) is 0 Å². The molecule has 0 amide bonds. The lowest BCUT2D eigenvalue weighted by molar-refractivity contribution is -0.384. The highest BCUT2D eigenvalue weighted by Crippen LogP contribution is 2.71. The Hall–Kier alpha value is -4.09. The zero-order valence-electron chi connectivity index (χ0n) is 25.7. The van der Waals surface area contributed by atoms with Gasteiger partial charge in [-0.3, -0.25) is 14.7 Å². The average Bonchev–Trinajstić information content (AvgIpc) is 3.31. The maximum Gasteiger partial charge on any atom is 0.274 e. The summed E-state index contributed by atoms with van der Waals surface area (Å²) in [6.45, 7) is 13.4. The first kappa shape index (κ1) is 30.4. The molecule has 1 fully saturated rings. The van der Waals surface area contributed by atoms with Gasteiger partial charge in [0, 0.05) is 36.6 Å². The number of hydrogen-bond acceptors (Lipinski definition) is 4. The van der Waals surface area contributed by atoms with Gasteiger partial charge < -0.3 is 14.4 Å². The van der Waals surface area contributed by atoms with E-state index in [-0.39, 0.29) is 11.4 Å². The highest BCUT2D eigenvalue weighted by Gasteiger charge is 2.51. The summed E-state index contributed by atoms with van der Waals surface area (Å²) in [5.41, 5.74) is 3.24. The number of hydrogen-bond donors (Lipinski definition) is 1. The first-order valence-corrected chi connectivity index (χ1v) is 16.3. The van der Waals surface area contributed by atoms with E-state index >= 15 is 4.57 Å². The van der Waals surface area contributed by atoms with E-state index in [0.717, 1.165) is 28.1 Å². The summed E-state index contributed by atoms with van der Waals surface area (Å²) < 4.78 is 20.3. The molecule has 4 aromatic rings. The van der Waals surface area contributed by atoms with E-state index in [1.54, 1.807) is 12.1 Å². The molecule has 0 radical (unpaired) electrons. The van der Waals surface area contributed by atoms with Crippen LogP contribution in [0.2, 0.25) is 0 Å². The molecule has 8 heteroatoms. The van der Waals surface area contributed by atoms with Crippen LogP contribution in [0, 0.1) is 10.1 Å².